The lowest BCUT2D eigenvalue weighted by Gasteiger charge is -2.07. The highest BCUT2D eigenvalue weighted by molar-refractivity contribution is 5.89. The Kier molecular flexibility index (Phi) is 5.92. The van der Waals surface area contributed by atoms with Gasteiger partial charge in [-0.15, -0.1) is 12.4 Å². The Morgan fingerprint density at radius 1 is 1.29 bits per heavy atom. The van der Waals surface area contributed by atoms with Crippen LogP contribution in [0.3, 0.4) is 0 Å². The smallest absolute Gasteiger partial charge is 0.338 e. The number of nitrogen functional groups attached to an aromatic ring is 1. The summed E-state index contributed by atoms with van der Waals surface area (Å²) in [5.74, 6) is 0.490. The number of aryl methyl sites for hydroxylation is 1. The topological polar surface area (TPSA) is 90.1 Å². The minimum absolute atomic E-state index is 0. The van der Waals surface area contributed by atoms with E-state index in [0.717, 1.165) is 11.4 Å². The Hall–Kier alpha value is -2.34. The molecule has 2 rings (SSSR count). The lowest BCUT2D eigenvalue weighted by molar-refractivity contribution is 0.0526. The summed E-state index contributed by atoms with van der Waals surface area (Å²) < 4.78 is 4.92. The number of hydrogen-bond donors (Lipinski definition) is 2. The minimum Gasteiger partial charge on any atom is -0.462 e. The molecule has 0 amide bonds. The predicted octanol–water partition coefficient (Wildman–Crippen LogP) is 2.71. The molecule has 0 aliphatic heterocycles. The molecule has 0 saturated carbocycles. The second-order valence-electron chi connectivity index (χ2n) is 4.18. The summed E-state index contributed by atoms with van der Waals surface area (Å²) >= 11 is 0. The average molecular weight is 309 g/mol. The first-order chi connectivity index (χ1) is 9.58. The van der Waals surface area contributed by atoms with Crippen molar-refractivity contribution in [3.05, 3.63) is 41.6 Å². The number of esters is 1. The van der Waals surface area contributed by atoms with E-state index in [1.54, 1.807) is 37.3 Å². The van der Waals surface area contributed by atoms with Gasteiger partial charge in [0.25, 0.3) is 0 Å². The molecule has 6 nitrogen and oxygen atoms in total. The molecule has 0 fully saturated rings. The molecule has 1 heterocycles. The van der Waals surface area contributed by atoms with Crippen LogP contribution in [0.4, 0.5) is 17.5 Å². The first kappa shape index (κ1) is 16.7. The van der Waals surface area contributed by atoms with E-state index in [4.69, 9.17) is 10.5 Å². The van der Waals surface area contributed by atoms with Crippen molar-refractivity contribution in [3.8, 4) is 0 Å². The van der Waals surface area contributed by atoms with Crippen LogP contribution < -0.4 is 11.1 Å². The fourth-order valence-corrected chi connectivity index (χ4v) is 1.68. The third-order valence-corrected chi connectivity index (χ3v) is 2.53. The van der Waals surface area contributed by atoms with Gasteiger partial charge in [-0.05, 0) is 38.1 Å². The van der Waals surface area contributed by atoms with Crippen LogP contribution in [0.1, 0.15) is 23.0 Å². The monoisotopic (exact) mass is 308 g/mol. The Morgan fingerprint density at radius 3 is 2.52 bits per heavy atom. The van der Waals surface area contributed by atoms with Crippen LogP contribution in [0.15, 0.2) is 30.3 Å². The molecule has 0 saturated heterocycles. The molecular weight excluding hydrogens is 292 g/mol. The fourth-order valence-electron chi connectivity index (χ4n) is 1.68. The Balaban J connectivity index is 0.00000220. The van der Waals surface area contributed by atoms with Gasteiger partial charge in [0, 0.05) is 17.4 Å². The number of nitrogens with two attached hydrogens (primary N) is 1. The van der Waals surface area contributed by atoms with Gasteiger partial charge in [-0.1, -0.05) is 0 Å². The lowest BCUT2D eigenvalue weighted by Crippen LogP contribution is -2.05. The normalized spacial score (nSPS) is 9.62. The van der Waals surface area contributed by atoms with E-state index in [9.17, 15) is 4.79 Å². The summed E-state index contributed by atoms with van der Waals surface area (Å²) in [4.78, 5) is 19.8. The van der Waals surface area contributed by atoms with E-state index in [0.29, 0.717) is 23.9 Å². The molecular formula is C14H17ClN4O2. The molecule has 0 bridgehead atoms. The highest BCUT2D eigenvalue weighted by Gasteiger charge is 2.06. The van der Waals surface area contributed by atoms with Crippen LogP contribution in [0.25, 0.3) is 0 Å². The number of carbonyl (C=O) groups is 1. The van der Waals surface area contributed by atoms with Gasteiger partial charge in [0.15, 0.2) is 0 Å². The van der Waals surface area contributed by atoms with Crippen molar-refractivity contribution in [2.24, 2.45) is 0 Å². The highest BCUT2D eigenvalue weighted by atomic mass is 35.5. The summed E-state index contributed by atoms with van der Waals surface area (Å²) in [6.07, 6.45) is 0. The van der Waals surface area contributed by atoms with E-state index in [2.05, 4.69) is 15.3 Å². The maximum Gasteiger partial charge on any atom is 0.338 e. The second-order valence-corrected chi connectivity index (χ2v) is 4.18. The third-order valence-electron chi connectivity index (χ3n) is 2.53. The standard InChI is InChI=1S/C14H16N4O2.ClH/c1-3-20-13(19)10-4-6-11(7-5-10)17-14-16-9(2)8-12(15)18-14;/h4-8H,3H2,1-2H3,(H3,15,16,17,18);1H. The zero-order valence-corrected chi connectivity index (χ0v) is 12.6. The minimum atomic E-state index is -0.338. The quantitative estimate of drug-likeness (QED) is 0.844. The van der Waals surface area contributed by atoms with Gasteiger partial charge < -0.3 is 15.8 Å². The predicted molar refractivity (Wildman–Crippen MR) is 84.1 cm³/mol. The number of halogens is 1. The zero-order valence-electron chi connectivity index (χ0n) is 11.8. The maximum absolute atomic E-state index is 11.5. The van der Waals surface area contributed by atoms with Crippen molar-refractivity contribution in [3.63, 3.8) is 0 Å². The number of anilines is 3. The number of ether oxygens (including phenoxy) is 1. The highest BCUT2D eigenvalue weighted by Crippen LogP contribution is 2.15. The van der Waals surface area contributed by atoms with Gasteiger partial charge >= 0.3 is 5.97 Å². The molecule has 0 radical (unpaired) electrons. The summed E-state index contributed by atoms with van der Waals surface area (Å²) in [6, 6.07) is 8.57. The molecule has 2 aromatic rings. The van der Waals surface area contributed by atoms with E-state index < -0.39 is 0 Å². The van der Waals surface area contributed by atoms with Gasteiger partial charge in [-0.3, -0.25) is 0 Å². The Morgan fingerprint density at radius 2 is 1.95 bits per heavy atom. The van der Waals surface area contributed by atoms with Crippen LogP contribution in [-0.2, 0) is 4.74 Å². The summed E-state index contributed by atoms with van der Waals surface area (Å²) in [5.41, 5.74) is 7.71. The van der Waals surface area contributed by atoms with E-state index >= 15 is 0 Å². The van der Waals surface area contributed by atoms with Crippen molar-refractivity contribution < 1.29 is 9.53 Å². The van der Waals surface area contributed by atoms with Gasteiger partial charge in [0.05, 0.1) is 12.2 Å². The Labute approximate surface area is 129 Å². The van der Waals surface area contributed by atoms with Crippen molar-refractivity contribution in [2.75, 3.05) is 17.7 Å². The van der Waals surface area contributed by atoms with E-state index in [1.807, 2.05) is 6.92 Å². The van der Waals surface area contributed by atoms with Crippen LogP contribution in [0, 0.1) is 6.92 Å². The lowest BCUT2D eigenvalue weighted by atomic mass is 10.2. The number of benzene rings is 1. The molecule has 0 aliphatic carbocycles. The molecule has 3 N–H and O–H groups in total. The average Bonchev–Trinajstić information content (AvgIpc) is 2.38. The van der Waals surface area contributed by atoms with Crippen molar-refractivity contribution in [2.45, 2.75) is 13.8 Å². The first-order valence-electron chi connectivity index (χ1n) is 6.24. The van der Waals surface area contributed by atoms with Gasteiger partial charge in [0.1, 0.15) is 5.82 Å². The summed E-state index contributed by atoms with van der Waals surface area (Å²) in [7, 11) is 0. The van der Waals surface area contributed by atoms with Crippen molar-refractivity contribution in [1.82, 2.24) is 9.97 Å². The van der Waals surface area contributed by atoms with Gasteiger partial charge in [0.2, 0.25) is 5.95 Å². The number of nitrogens with one attached hydrogen (secondary N) is 1. The molecule has 1 aromatic heterocycles. The molecule has 0 unspecified atom stereocenters. The van der Waals surface area contributed by atoms with Crippen molar-refractivity contribution in [1.29, 1.82) is 0 Å². The number of aromatic nitrogens is 2. The fraction of sp³-hybridized carbons (Fsp3) is 0.214. The van der Waals surface area contributed by atoms with E-state index in [1.165, 1.54) is 0 Å². The molecule has 1 aromatic carbocycles. The molecule has 7 heteroatoms. The number of carbonyl (C=O) groups excluding carboxylic acids is 1. The third kappa shape index (κ3) is 4.61. The maximum atomic E-state index is 11.5. The van der Waals surface area contributed by atoms with Gasteiger partial charge in [-0.25, -0.2) is 9.78 Å². The zero-order chi connectivity index (χ0) is 14.5. The van der Waals surface area contributed by atoms with Crippen molar-refractivity contribution >= 4 is 35.8 Å². The van der Waals surface area contributed by atoms with Crippen LogP contribution >= 0.6 is 12.4 Å². The van der Waals surface area contributed by atoms with Crippen LogP contribution in [-0.4, -0.2) is 22.5 Å². The molecule has 21 heavy (non-hydrogen) atoms. The number of nitrogens with zero attached hydrogens (tertiary/aromatic N) is 2. The summed E-state index contributed by atoms with van der Waals surface area (Å²) in [5, 5.41) is 3.03. The van der Waals surface area contributed by atoms with Gasteiger partial charge in [-0.2, -0.15) is 4.98 Å². The molecule has 0 atom stereocenters. The summed E-state index contributed by atoms with van der Waals surface area (Å²) in [6.45, 7) is 3.97. The molecule has 112 valence electrons. The van der Waals surface area contributed by atoms with Crippen LogP contribution in [0.5, 0.6) is 0 Å². The number of hydrogen-bond acceptors (Lipinski definition) is 6. The first-order valence-corrected chi connectivity index (χ1v) is 6.24. The second kappa shape index (κ2) is 7.44. The van der Waals surface area contributed by atoms with E-state index in [-0.39, 0.29) is 18.4 Å². The largest absolute Gasteiger partial charge is 0.462 e. The molecule has 0 aliphatic rings. The Bertz CT molecular complexity index is 597. The van der Waals surface area contributed by atoms with Crippen LogP contribution in [0.2, 0.25) is 0 Å². The SMILES string of the molecule is CCOC(=O)c1ccc(Nc2nc(C)cc(N)n2)cc1.Cl. The number of rotatable bonds is 4. The molecule has 0 spiro atoms.